The number of rotatable bonds is 1. The highest BCUT2D eigenvalue weighted by Gasteiger charge is 2.34. The topological polar surface area (TPSA) is 3.24 Å². The van der Waals surface area contributed by atoms with Gasteiger partial charge in [-0.15, -0.1) is 11.6 Å². The second-order valence-corrected chi connectivity index (χ2v) is 5.66. The fraction of sp³-hybridized carbons (Fsp3) is 1.00. The number of alkyl halides is 1. The van der Waals surface area contributed by atoms with Crippen molar-refractivity contribution in [3.63, 3.8) is 0 Å². The van der Waals surface area contributed by atoms with Crippen LogP contribution in [-0.2, 0) is 0 Å². The van der Waals surface area contributed by atoms with Gasteiger partial charge >= 0.3 is 0 Å². The van der Waals surface area contributed by atoms with E-state index in [1.165, 1.54) is 24.3 Å². The second kappa shape index (κ2) is 3.77. The lowest BCUT2D eigenvalue weighted by Crippen LogP contribution is -2.37. The maximum atomic E-state index is 6.13. The predicted octanol–water partition coefficient (Wildman–Crippen LogP) is 2.19. The van der Waals surface area contributed by atoms with Crippen LogP contribution < -0.4 is 0 Å². The first-order chi connectivity index (χ1) is 5.77. The summed E-state index contributed by atoms with van der Waals surface area (Å²) in [7, 11) is 0. The molecule has 0 bridgehead atoms. The molecule has 0 spiro atoms. The molecule has 70 valence electrons. The highest BCUT2D eigenvalue weighted by atomic mass is 35.5. The minimum absolute atomic E-state index is 0.408. The molecule has 2 saturated heterocycles. The molecule has 3 heteroatoms. The zero-order valence-corrected chi connectivity index (χ0v) is 9.07. The molecule has 0 amide bonds. The standard InChI is InChI=1S/C9H16ClNS/c1-7-4-8(10)5-11(7)9-2-3-12-6-9/h7-9H,2-6H2,1H3. The van der Waals surface area contributed by atoms with Crippen LogP contribution in [-0.4, -0.2) is 40.4 Å². The summed E-state index contributed by atoms with van der Waals surface area (Å²) in [5.41, 5.74) is 0. The van der Waals surface area contributed by atoms with Crippen molar-refractivity contribution in [2.75, 3.05) is 18.1 Å². The Balaban J connectivity index is 1.94. The Morgan fingerprint density at radius 2 is 2.33 bits per heavy atom. The fourth-order valence-corrected chi connectivity index (χ4v) is 3.93. The van der Waals surface area contributed by atoms with Crippen LogP contribution in [0.2, 0.25) is 0 Å². The van der Waals surface area contributed by atoms with E-state index in [1.54, 1.807) is 0 Å². The Kier molecular flexibility index (Phi) is 2.88. The summed E-state index contributed by atoms with van der Waals surface area (Å²) in [5, 5.41) is 0.408. The molecular formula is C9H16ClNS. The van der Waals surface area contributed by atoms with Gasteiger partial charge in [-0.3, -0.25) is 4.90 Å². The van der Waals surface area contributed by atoms with Crippen molar-refractivity contribution in [1.82, 2.24) is 4.90 Å². The molecule has 2 fully saturated rings. The summed E-state index contributed by atoms with van der Waals surface area (Å²) in [5.74, 6) is 2.68. The van der Waals surface area contributed by atoms with Gasteiger partial charge in [-0.1, -0.05) is 0 Å². The largest absolute Gasteiger partial charge is 0.295 e. The first kappa shape index (κ1) is 9.17. The van der Waals surface area contributed by atoms with Gasteiger partial charge in [0.15, 0.2) is 0 Å². The summed E-state index contributed by atoms with van der Waals surface area (Å²) in [4.78, 5) is 2.61. The average molecular weight is 206 g/mol. The Hall–Kier alpha value is 0.600. The minimum atomic E-state index is 0.408. The summed E-state index contributed by atoms with van der Waals surface area (Å²) in [6, 6.07) is 1.55. The molecule has 0 saturated carbocycles. The molecule has 0 radical (unpaired) electrons. The minimum Gasteiger partial charge on any atom is -0.295 e. The highest BCUT2D eigenvalue weighted by molar-refractivity contribution is 7.99. The summed E-state index contributed by atoms with van der Waals surface area (Å²) < 4.78 is 0. The van der Waals surface area contributed by atoms with Crippen LogP contribution in [0, 0.1) is 0 Å². The van der Waals surface area contributed by atoms with Gasteiger partial charge in [0.1, 0.15) is 0 Å². The first-order valence-electron chi connectivity index (χ1n) is 4.75. The van der Waals surface area contributed by atoms with Crippen LogP contribution in [0.5, 0.6) is 0 Å². The third-order valence-electron chi connectivity index (χ3n) is 2.95. The van der Waals surface area contributed by atoms with E-state index in [1.807, 2.05) is 0 Å². The Bertz CT molecular complexity index is 159. The SMILES string of the molecule is CC1CC(Cl)CN1C1CCSC1. The van der Waals surface area contributed by atoms with Crippen molar-refractivity contribution in [3.05, 3.63) is 0 Å². The lowest BCUT2D eigenvalue weighted by molar-refractivity contribution is 0.207. The van der Waals surface area contributed by atoms with Gasteiger partial charge in [-0.05, 0) is 25.5 Å². The molecule has 2 aliphatic rings. The number of nitrogens with zero attached hydrogens (tertiary/aromatic N) is 1. The molecular weight excluding hydrogens is 190 g/mol. The number of likely N-dealkylation sites (tertiary alicyclic amines) is 1. The molecule has 0 aromatic carbocycles. The van der Waals surface area contributed by atoms with Crippen molar-refractivity contribution in [2.24, 2.45) is 0 Å². The lowest BCUT2D eigenvalue weighted by atomic mass is 10.2. The van der Waals surface area contributed by atoms with E-state index in [0.717, 1.165) is 18.6 Å². The van der Waals surface area contributed by atoms with Gasteiger partial charge in [0.25, 0.3) is 0 Å². The van der Waals surface area contributed by atoms with E-state index in [4.69, 9.17) is 11.6 Å². The van der Waals surface area contributed by atoms with Crippen molar-refractivity contribution in [1.29, 1.82) is 0 Å². The van der Waals surface area contributed by atoms with Crippen molar-refractivity contribution in [3.8, 4) is 0 Å². The Morgan fingerprint density at radius 1 is 1.50 bits per heavy atom. The molecule has 2 aliphatic heterocycles. The predicted molar refractivity (Wildman–Crippen MR) is 56.2 cm³/mol. The zero-order chi connectivity index (χ0) is 8.55. The van der Waals surface area contributed by atoms with Crippen LogP contribution >= 0.6 is 23.4 Å². The van der Waals surface area contributed by atoms with Crippen LogP contribution in [0.3, 0.4) is 0 Å². The molecule has 1 nitrogen and oxygen atoms in total. The maximum Gasteiger partial charge on any atom is 0.0478 e. The van der Waals surface area contributed by atoms with Gasteiger partial charge in [0.05, 0.1) is 0 Å². The monoisotopic (exact) mass is 205 g/mol. The Morgan fingerprint density at radius 3 is 2.83 bits per heavy atom. The second-order valence-electron chi connectivity index (χ2n) is 3.90. The summed E-state index contributed by atoms with van der Waals surface area (Å²) >= 11 is 8.22. The van der Waals surface area contributed by atoms with E-state index < -0.39 is 0 Å². The van der Waals surface area contributed by atoms with E-state index in [0.29, 0.717) is 5.38 Å². The molecule has 0 aromatic heterocycles. The van der Waals surface area contributed by atoms with Crippen LogP contribution in [0.4, 0.5) is 0 Å². The van der Waals surface area contributed by atoms with Crippen molar-refractivity contribution >= 4 is 23.4 Å². The number of halogens is 1. The number of hydrogen-bond acceptors (Lipinski definition) is 2. The molecule has 2 heterocycles. The van der Waals surface area contributed by atoms with E-state index in [-0.39, 0.29) is 0 Å². The number of thioether (sulfide) groups is 1. The molecule has 12 heavy (non-hydrogen) atoms. The quantitative estimate of drug-likeness (QED) is 0.604. The highest BCUT2D eigenvalue weighted by Crippen LogP contribution is 2.30. The molecule has 0 aliphatic carbocycles. The average Bonchev–Trinajstić information content (AvgIpc) is 2.58. The third-order valence-corrected chi connectivity index (χ3v) is 4.41. The van der Waals surface area contributed by atoms with Crippen molar-refractivity contribution in [2.45, 2.75) is 37.2 Å². The maximum absolute atomic E-state index is 6.13. The molecule has 2 rings (SSSR count). The van der Waals surface area contributed by atoms with Crippen molar-refractivity contribution < 1.29 is 0 Å². The van der Waals surface area contributed by atoms with Gasteiger partial charge < -0.3 is 0 Å². The van der Waals surface area contributed by atoms with Gasteiger partial charge in [-0.25, -0.2) is 0 Å². The normalized spacial score (nSPS) is 44.0. The molecule has 3 unspecified atom stereocenters. The molecule has 0 aromatic rings. The Labute approximate surface area is 83.8 Å². The fourth-order valence-electron chi connectivity index (χ4n) is 2.28. The zero-order valence-electron chi connectivity index (χ0n) is 7.50. The van der Waals surface area contributed by atoms with E-state index in [9.17, 15) is 0 Å². The van der Waals surface area contributed by atoms with Gasteiger partial charge in [-0.2, -0.15) is 11.8 Å². The van der Waals surface area contributed by atoms with E-state index >= 15 is 0 Å². The first-order valence-corrected chi connectivity index (χ1v) is 6.34. The van der Waals surface area contributed by atoms with Crippen LogP contribution in [0.1, 0.15) is 19.8 Å². The third kappa shape index (κ3) is 1.75. The molecule has 3 atom stereocenters. The van der Waals surface area contributed by atoms with Crippen LogP contribution in [0.15, 0.2) is 0 Å². The van der Waals surface area contributed by atoms with Gasteiger partial charge in [0.2, 0.25) is 0 Å². The van der Waals surface area contributed by atoms with Gasteiger partial charge in [0, 0.05) is 29.8 Å². The summed E-state index contributed by atoms with van der Waals surface area (Å²) in [6.45, 7) is 3.43. The van der Waals surface area contributed by atoms with Crippen LogP contribution in [0.25, 0.3) is 0 Å². The molecule has 0 N–H and O–H groups in total. The smallest absolute Gasteiger partial charge is 0.0478 e. The van der Waals surface area contributed by atoms with E-state index in [2.05, 4.69) is 23.6 Å². The number of hydrogen-bond donors (Lipinski definition) is 0. The summed E-state index contributed by atoms with van der Waals surface area (Å²) in [6.07, 6.45) is 2.56. The lowest BCUT2D eigenvalue weighted by Gasteiger charge is -2.27.